The minimum absolute atomic E-state index is 0.0340. The summed E-state index contributed by atoms with van der Waals surface area (Å²) in [5.74, 6) is -3.30. The van der Waals surface area contributed by atoms with Crippen LogP contribution in [0.3, 0.4) is 0 Å². The number of Topliss-reactive ketones (excluding diaryl/α,β-unsaturated/α-hetero) is 1. The fourth-order valence-electron chi connectivity index (χ4n) is 1.93. The van der Waals surface area contributed by atoms with Gasteiger partial charge in [0.2, 0.25) is 0 Å². The van der Waals surface area contributed by atoms with Gasteiger partial charge in [0.25, 0.3) is 0 Å². The molecule has 2 aromatic rings. The van der Waals surface area contributed by atoms with E-state index in [0.717, 1.165) is 17.7 Å². The predicted molar refractivity (Wildman–Crippen MR) is 86.9 cm³/mol. The van der Waals surface area contributed by atoms with Crippen molar-refractivity contribution >= 4 is 23.3 Å². The molecule has 0 aliphatic rings. The summed E-state index contributed by atoms with van der Waals surface area (Å²) in [5.41, 5.74) is 1.29. The summed E-state index contributed by atoms with van der Waals surface area (Å²) in [5, 5.41) is 1.65. The van der Waals surface area contributed by atoms with Gasteiger partial charge in [0, 0.05) is 11.3 Å². The molecule has 1 amide bonds. The first-order valence-electron chi connectivity index (χ1n) is 7.42. The normalized spacial score (nSPS) is 10.9. The average molecular weight is 365 g/mol. The Bertz CT molecular complexity index is 812. The number of anilines is 1. The first kappa shape index (κ1) is 19.2. The summed E-state index contributed by atoms with van der Waals surface area (Å²) >= 11 is 0. The number of rotatable bonds is 5. The van der Waals surface area contributed by atoms with Gasteiger partial charge < -0.3 is 10.1 Å². The summed E-state index contributed by atoms with van der Waals surface area (Å²) < 4.78 is 41.4. The van der Waals surface area contributed by atoms with Gasteiger partial charge in [-0.05, 0) is 31.2 Å². The minimum Gasteiger partial charge on any atom is -0.454 e. The lowest BCUT2D eigenvalue weighted by atomic mass is 10.1. The first-order chi connectivity index (χ1) is 12.2. The largest absolute Gasteiger partial charge is 0.471 e. The van der Waals surface area contributed by atoms with E-state index in [4.69, 9.17) is 4.74 Å². The van der Waals surface area contributed by atoms with E-state index >= 15 is 0 Å². The lowest BCUT2D eigenvalue weighted by molar-refractivity contribution is -0.167. The van der Waals surface area contributed by atoms with Gasteiger partial charge in [-0.1, -0.05) is 29.8 Å². The fourth-order valence-corrected chi connectivity index (χ4v) is 1.93. The number of alkyl halides is 3. The number of ketones is 1. The SMILES string of the molecule is Cc1ccc(C(=O)COC(=O)c2ccc(NC(=O)C(F)(F)F)cc2)cc1. The van der Waals surface area contributed by atoms with Crippen molar-refractivity contribution in [1.29, 1.82) is 0 Å². The maximum absolute atomic E-state index is 12.2. The molecule has 0 atom stereocenters. The highest BCUT2D eigenvalue weighted by Gasteiger charge is 2.38. The van der Waals surface area contributed by atoms with Crippen molar-refractivity contribution in [2.24, 2.45) is 0 Å². The average Bonchev–Trinajstić information content (AvgIpc) is 2.59. The summed E-state index contributed by atoms with van der Waals surface area (Å²) in [6.07, 6.45) is -5.01. The van der Waals surface area contributed by atoms with Gasteiger partial charge >= 0.3 is 18.1 Å². The van der Waals surface area contributed by atoms with Crippen molar-refractivity contribution in [1.82, 2.24) is 0 Å². The Morgan fingerprint density at radius 1 is 0.923 bits per heavy atom. The first-order valence-corrected chi connectivity index (χ1v) is 7.42. The van der Waals surface area contributed by atoms with Gasteiger partial charge in [0.05, 0.1) is 5.56 Å². The lowest BCUT2D eigenvalue weighted by Crippen LogP contribution is -2.29. The highest BCUT2D eigenvalue weighted by molar-refractivity contribution is 5.99. The van der Waals surface area contributed by atoms with Gasteiger partial charge in [-0.25, -0.2) is 4.79 Å². The number of halogens is 3. The third-order valence-corrected chi connectivity index (χ3v) is 3.34. The van der Waals surface area contributed by atoms with Crippen LogP contribution in [0.25, 0.3) is 0 Å². The number of benzene rings is 2. The highest BCUT2D eigenvalue weighted by Crippen LogP contribution is 2.18. The topological polar surface area (TPSA) is 72.5 Å². The Kier molecular flexibility index (Phi) is 5.76. The number of hydrogen-bond acceptors (Lipinski definition) is 4. The lowest BCUT2D eigenvalue weighted by Gasteiger charge is -2.08. The Morgan fingerprint density at radius 2 is 1.46 bits per heavy atom. The number of aryl methyl sites for hydroxylation is 1. The quantitative estimate of drug-likeness (QED) is 0.650. The van der Waals surface area contributed by atoms with Crippen LogP contribution in [-0.4, -0.2) is 30.4 Å². The molecule has 5 nitrogen and oxygen atoms in total. The van der Waals surface area contributed by atoms with Gasteiger partial charge in [0.1, 0.15) is 0 Å². The second-order valence-electron chi connectivity index (χ2n) is 5.39. The molecule has 0 heterocycles. The summed E-state index contributed by atoms with van der Waals surface area (Å²) in [7, 11) is 0. The monoisotopic (exact) mass is 365 g/mol. The summed E-state index contributed by atoms with van der Waals surface area (Å²) in [6, 6.07) is 11.4. The molecule has 8 heteroatoms. The smallest absolute Gasteiger partial charge is 0.454 e. The van der Waals surface area contributed by atoms with E-state index < -0.39 is 24.7 Å². The number of esters is 1. The van der Waals surface area contributed by atoms with Gasteiger partial charge in [-0.3, -0.25) is 9.59 Å². The standard InChI is InChI=1S/C18H14F3NO4/c1-11-2-4-12(5-3-11)15(23)10-26-16(24)13-6-8-14(9-7-13)22-17(25)18(19,20)21/h2-9H,10H2,1H3,(H,22,25). The van der Waals surface area contributed by atoms with Crippen molar-refractivity contribution in [2.75, 3.05) is 11.9 Å². The molecule has 0 saturated carbocycles. The number of nitrogens with one attached hydrogen (secondary N) is 1. The molecular weight excluding hydrogens is 351 g/mol. The number of amides is 1. The number of carbonyl (C=O) groups is 3. The van der Waals surface area contributed by atoms with E-state index in [-0.39, 0.29) is 17.0 Å². The molecule has 0 radical (unpaired) electrons. The van der Waals surface area contributed by atoms with E-state index in [9.17, 15) is 27.6 Å². The molecule has 136 valence electrons. The van der Waals surface area contributed by atoms with E-state index in [0.29, 0.717) is 5.56 Å². The van der Waals surface area contributed by atoms with Gasteiger partial charge in [-0.2, -0.15) is 13.2 Å². The summed E-state index contributed by atoms with van der Waals surface area (Å²) in [4.78, 5) is 34.6. The Labute approximate surface area is 146 Å². The van der Waals surface area contributed by atoms with Crippen LogP contribution in [0.1, 0.15) is 26.3 Å². The van der Waals surface area contributed by atoms with Crippen LogP contribution in [0, 0.1) is 6.92 Å². The van der Waals surface area contributed by atoms with Crippen LogP contribution in [-0.2, 0) is 9.53 Å². The second-order valence-corrected chi connectivity index (χ2v) is 5.39. The van der Waals surface area contributed by atoms with E-state index in [1.807, 2.05) is 6.92 Å². The van der Waals surface area contributed by atoms with Crippen LogP contribution in [0.4, 0.5) is 18.9 Å². The zero-order valence-electron chi connectivity index (χ0n) is 13.6. The molecule has 0 aliphatic carbocycles. The highest BCUT2D eigenvalue weighted by atomic mass is 19.4. The molecule has 0 aliphatic heterocycles. The molecule has 0 fully saturated rings. The molecule has 26 heavy (non-hydrogen) atoms. The van der Waals surface area contributed by atoms with Crippen LogP contribution in [0.2, 0.25) is 0 Å². The van der Waals surface area contributed by atoms with Crippen LogP contribution in [0.5, 0.6) is 0 Å². The van der Waals surface area contributed by atoms with Gasteiger partial charge in [-0.15, -0.1) is 0 Å². The van der Waals surface area contributed by atoms with Gasteiger partial charge in [0.15, 0.2) is 12.4 Å². The second kappa shape index (κ2) is 7.81. The Balaban J connectivity index is 1.92. The number of ether oxygens (including phenoxy) is 1. The zero-order valence-corrected chi connectivity index (χ0v) is 13.6. The van der Waals surface area contributed by atoms with E-state index in [2.05, 4.69) is 0 Å². The predicted octanol–water partition coefficient (Wildman–Crippen LogP) is 3.54. The molecule has 1 N–H and O–H groups in total. The fraction of sp³-hybridized carbons (Fsp3) is 0.167. The number of carbonyl (C=O) groups excluding carboxylic acids is 3. The van der Waals surface area contributed by atoms with Crippen LogP contribution < -0.4 is 5.32 Å². The maximum Gasteiger partial charge on any atom is 0.471 e. The third kappa shape index (κ3) is 5.17. The van der Waals surface area contributed by atoms with Crippen LogP contribution in [0.15, 0.2) is 48.5 Å². The molecule has 0 bridgehead atoms. The minimum atomic E-state index is -5.01. The van der Waals surface area contributed by atoms with Crippen molar-refractivity contribution in [3.05, 3.63) is 65.2 Å². The molecular formula is C18H14F3NO4. The summed E-state index contributed by atoms with van der Waals surface area (Å²) in [6.45, 7) is 1.41. The molecule has 0 spiro atoms. The van der Waals surface area contributed by atoms with Crippen molar-refractivity contribution < 1.29 is 32.3 Å². The van der Waals surface area contributed by atoms with E-state index in [1.54, 1.807) is 29.6 Å². The van der Waals surface area contributed by atoms with Crippen molar-refractivity contribution in [2.45, 2.75) is 13.1 Å². The Hall–Kier alpha value is -3.16. The van der Waals surface area contributed by atoms with Crippen molar-refractivity contribution in [3.63, 3.8) is 0 Å². The van der Waals surface area contributed by atoms with E-state index in [1.165, 1.54) is 12.1 Å². The zero-order chi connectivity index (χ0) is 19.3. The third-order valence-electron chi connectivity index (χ3n) is 3.34. The van der Waals surface area contributed by atoms with Crippen LogP contribution >= 0.6 is 0 Å². The molecule has 2 rings (SSSR count). The molecule has 0 aromatic heterocycles. The van der Waals surface area contributed by atoms with Crippen molar-refractivity contribution in [3.8, 4) is 0 Å². The molecule has 0 saturated heterocycles. The molecule has 2 aromatic carbocycles. The maximum atomic E-state index is 12.2. The number of hydrogen-bond donors (Lipinski definition) is 1. The molecule has 0 unspecified atom stereocenters. The Morgan fingerprint density at radius 3 is 2.00 bits per heavy atom.